The van der Waals surface area contributed by atoms with Crippen molar-refractivity contribution < 1.29 is 28.6 Å². The molecule has 2 aromatic carbocycles. The van der Waals surface area contributed by atoms with E-state index < -0.39 is 0 Å². The van der Waals surface area contributed by atoms with Crippen LogP contribution in [-0.2, 0) is 14.3 Å². The van der Waals surface area contributed by atoms with Crippen LogP contribution in [0.4, 0.5) is 5.69 Å². The highest BCUT2D eigenvalue weighted by atomic mass is 35.5. The summed E-state index contributed by atoms with van der Waals surface area (Å²) in [7, 11) is 1.57. The number of benzene rings is 2. The molecule has 0 saturated carbocycles. The van der Waals surface area contributed by atoms with Gasteiger partial charge in [-0.05, 0) is 36.8 Å². The third-order valence-electron chi connectivity index (χ3n) is 4.83. The lowest BCUT2D eigenvalue weighted by Gasteiger charge is -2.29. The van der Waals surface area contributed by atoms with Gasteiger partial charge >= 0.3 is 0 Å². The lowest BCUT2D eigenvalue weighted by Crippen LogP contribution is -2.40. The molecule has 0 saturated heterocycles. The van der Waals surface area contributed by atoms with Crippen molar-refractivity contribution >= 4 is 34.9 Å². The first-order valence-corrected chi connectivity index (χ1v) is 10.6. The first-order valence-electron chi connectivity index (χ1n) is 10.2. The second-order valence-electron chi connectivity index (χ2n) is 7.11. The van der Waals surface area contributed by atoms with Crippen LogP contribution in [0, 0.1) is 0 Å². The summed E-state index contributed by atoms with van der Waals surface area (Å²) in [5, 5.41) is 3.17. The third-order valence-corrected chi connectivity index (χ3v) is 5.15. The van der Waals surface area contributed by atoms with Gasteiger partial charge in [-0.3, -0.25) is 14.4 Å². The molecular formula is C23H25ClN2O6. The van der Waals surface area contributed by atoms with E-state index in [1.165, 1.54) is 0 Å². The molecule has 32 heavy (non-hydrogen) atoms. The number of amides is 2. The fourth-order valence-electron chi connectivity index (χ4n) is 3.19. The summed E-state index contributed by atoms with van der Waals surface area (Å²) in [4.78, 5) is 38.5. The van der Waals surface area contributed by atoms with Crippen molar-refractivity contribution in [3.05, 3.63) is 53.1 Å². The summed E-state index contributed by atoms with van der Waals surface area (Å²) < 4.78 is 15.9. The van der Waals surface area contributed by atoms with E-state index in [9.17, 15) is 14.4 Å². The molecule has 1 N–H and O–H groups in total. The average molecular weight is 461 g/mol. The number of carbonyl (C=O) groups excluding carboxylic acids is 3. The Hall–Kier alpha value is -3.10. The quantitative estimate of drug-likeness (QED) is 0.409. The van der Waals surface area contributed by atoms with E-state index in [1.807, 2.05) is 0 Å². The second-order valence-corrected chi connectivity index (χ2v) is 7.51. The molecule has 0 aromatic heterocycles. The summed E-state index contributed by atoms with van der Waals surface area (Å²) in [6, 6.07) is 11.8. The van der Waals surface area contributed by atoms with Crippen molar-refractivity contribution in [2.45, 2.75) is 12.8 Å². The summed E-state index contributed by atoms with van der Waals surface area (Å²) in [5.74, 6) is 0.336. The van der Waals surface area contributed by atoms with Gasteiger partial charge < -0.3 is 24.4 Å². The van der Waals surface area contributed by atoms with Gasteiger partial charge in [0.05, 0.1) is 17.3 Å². The van der Waals surface area contributed by atoms with Gasteiger partial charge in [0.2, 0.25) is 5.91 Å². The van der Waals surface area contributed by atoms with Crippen LogP contribution >= 0.6 is 11.6 Å². The number of methoxy groups -OCH3 is 1. The highest BCUT2D eigenvalue weighted by Crippen LogP contribution is 2.33. The number of ether oxygens (including phenoxy) is 3. The molecular weight excluding hydrogens is 436 g/mol. The zero-order valence-corrected chi connectivity index (χ0v) is 18.5. The molecule has 0 aliphatic carbocycles. The molecule has 1 aliphatic heterocycles. The van der Waals surface area contributed by atoms with Crippen LogP contribution < -0.4 is 19.7 Å². The lowest BCUT2D eigenvalue weighted by molar-refractivity contribution is -0.123. The van der Waals surface area contributed by atoms with Crippen molar-refractivity contribution in [2.24, 2.45) is 0 Å². The van der Waals surface area contributed by atoms with Crippen molar-refractivity contribution in [1.29, 1.82) is 0 Å². The van der Waals surface area contributed by atoms with Gasteiger partial charge in [-0.1, -0.05) is 23.7 Å². The van der Waals surface area contributed by atoms with E-state index in [0.717, 1.165) is 0 Å². The number of anilines is 1. The Bertz CT molecular complexity index is 981. The minimum Gasteiger partial charge on any atom is -0.484 e. The fraction of sp³-hybridized carbons (Fsp3) is 0.348. The summed E-state index contributed by atoms with van der Waals surface area (Å²) >= 11 is 6.06. The highest BCUT2D eigenvalue weighted by molar-refractivity contribution is 6.32. The van der Waals surface area contributed by atoms with E-state index in [4.69, 9.17) is 25.8 Å². The Kier molecular flexibility index (Phi) is 8.47. The Morgan fingerprint density at radius 3 is 2.81 bits per heavy atom. The smallest absolute Gasteiger partial charge is 0.265 e. The van der Waals surface area contributed by atoms with E-state index >= 15 is 0 Å². The number of hydrogen-bond donors (Lipinski definition) is 1. The van der Waals surface area contributed by atoms with E-state index in [2.05, 4.69) is 5.32 Å². The minimum atomic E-state index is -0.261. The van der Waals surface area contributed by atoms with Crippen LogP contribution in [0.15, 0.2) is 42.5 Å². The fourth-order valence-corrected chi connectivity index (χ4v) is 3.38. The molecule has 0 unspecified atom stereocenters. The zero-order valence-electron chi connectivity index (χ0n) is 17.8. The number of Topliss-reactive ketones (excluding diaryl/α,β-unsaturated/α-hetero) is 1. The normalized spacial score (nSPS) is 12.7. The molecule has 2 amide bonds. The van der Waals surface area contributed by atoms with Gasteiger partial charge in [-0.15, -0.1) is 0 Å². The largest absolute Gasteiger partial charge is 0.484 e. The van der Waals surface area contributed by atoms with Crippen LogP contribution in [0.25, 0.3) is 0 Å². The Balaban J connectivity index is 1.63. The maximum absolute atomic E-state index is 12.7. The monoisotopic (exact) mass is 460 g/mol. The van der Waals surface area contributed by atoms with Gasteiger partial charge in [0.15, 0.2) is 19.0 Å². The molecule has 2 aromatic rings. The Morgan fingerprint density at radius 1 is 1.22 bits per heavy atom. The van der Waals surface area contributed by atoms with Crippen LogP contribution in [-0.4, -0.2) is 57.6 Å². The predicted octanol–water partition coefficient (Wildman–Crippen LogP) is 2.87. The SMILES string of the molecule is COCCNC(=O)CCCN1C(=O)COc2ccc(C(=O)COc3ccccc3Cl)cc21. The number of halogens is 1. The van der Waals surface area contributed by atoms with Gasteiger partial charge in [0, 0.05) is 32.2 Å². The molecule has 0 bridgehead atoms. The maximum Gasteiger partial charge on any atom is 0.265 e. The molecule has 9 heteroatoms. The maximum atomic E-state index is 12.7. The van der Waals surface area contributed by atoms with Crippen LogP contribution in [0.5, 0.6) is 11.5 Å². The molecule has 0 fully saturated rings. The van der Waals surface area contributed by atoms with Crippen molar-refractivity contribution in [3.63, 3.8) is 0 Å². The van der Waals surface area contributed by atoms with E-state index in [-0.39, 0.29) is 37.2 Å². The first kappa shape index (κ1) is 23.6. The third kappa shape index (κ3) is 6.21. The van der Waals surface area contributed by atoms with Crippen LogP contribution in [0.3, 0.4) is 0 Å². The standard InChI is InChI=1S/C23H25ClN2O6/c1-30-12-10-25-22(28)7-4-11-26-18-13-16(8-9-21(18)32-15-23(26)29)19(27)14-31-20-6-3-2-5-17(20)24/h2-3,5-6,8-9,13H,4,7,10-12,14-15H2,1H3,(H,25,28). The van der Waals surface area contributed by atoms with Gasteiger partial charge in [0.25, 0.3) is 5.91 Å². The lowest BCUT2D eigenvalue weighted by atomic mass is 10.1. The van der Waals surface area contributed by atoms with Crippen molar-refractivity contribution in [1.82, 2.24) is 5.32 Å². The van der Waals surface area contributed by atoms with Gasteiger partial charge in [-0.25, -0.2) is 0 Å². The van der Waals surface area contributed by atoms with Crippen molar-refractivity contribution in [2.75, 3.05) is 44.9 Å². The Morgan fingerprint density at radius 2 is 2.03 bits per heavy atom. The van der Waals surface area contributed by atoms with Gasteiger partial charge in [0.1, 0.15) is 11.5 Å². The van der Waals surface area contributed by atoms with Crippen molar-refractivity contribution in [3.8, 4) is 11.5 Å². The molecule has 8 nitrogen and oxygen atoms in total. The number of rotatable bonds is 11. The summed E-state index contributed by atoms with van der Waals surface area (Å²) in [5.41, 5.74) is 0.890. The van der Waals surface area contributed by atoms with E-state index in [0.29, 0.717) is 53.9 Å². The minimum absolute atomic E-state index is 0.0874. The molecule has 0 spiro atoms. The van der Waals surface area contributed by atoms with Crippen LogP contribution in [0.2, 0.25) is 5.02 Å². The number of fused-ring (bicyclic) bond motifs is 1. The number of nitrogens with zero attached hydrogens (tertiary/aromatic N) is 1. The summed E-state index contributed by atoms with van der Waals surface area (Å²) in [6.45, 7) is 0.935. The Labute approximate surface area is 191 Å². The van der Waals surface area contributed by atoms with Crippen LogP contribution in [0.1, 0.15) is 23.2 Å². The highest BCUT2D eigenvalue weighted by Gasteiger charge is 2.26. The number of ketones is 1. The number of para-hydroxylation sites is 1. The number of carbonyl (C=O) groups is 3. The predicted molar refractivity (Wildman–Crippen MR) is 120 cm³/mol. The molecule has 0 radical (unpaired) electrons. The topological polar surface area (TPSA) is 94.2 Å². The molecule has 3 rings (SSSR count). The molecule has 1 aliphatic rings. The second kappa shape index (κ2) is 11.5. The summed E-state index contributed by atoms with van der Waals surface area (Å²) in [6.07, 6.45) is 0.742. The molecule has 0 atom stereocenters. The zero-order chi connectivity index (χ0) is 22.9. The first-order chi connectivity index (χ1) is 15.5. The number of hydrogen-bond acceptors (Lipinski definition) is 6. The number of nitrogens with one attached hydrogen (secondary N) is 1. The molecule has 170 valence electrons. The van der Waals surface area contributed by atoms with Gasteiger partial charge in [-0.2, -0.15) is 0 Å². The van der Waals surface area contributed by atoms with E-state index in [1.54, 1.807) is 54.5 Å². The average Bonchev–Trinajstić information content (AvgIpc) is 2.79. The molecule has 1 heterocycles.